The van der Waals surface area contributed by atoms with Crippen LogP contribution in [0.15, 0.2) is 28.7 Å². The number of nitrogens with one attached hydrogen (secondary N) is 1. The van der Waals surface area contributed by atoms with Crippen molar-refractivity contribution in [1.29, 1.82) is 0 Å². The third-order valence-corrected chi connectivity index (χ3v) is 3.34. The maximum atomic E-state index is 12.3. The first-order chi connectivity index (χ1) is 9.26. The summed E-state index contributed by atoms with van der Waals surface area (Å²) in [5, 5.41) is 3.71. The van der Waals surface area contributed by atoms with Crippen molar-refractivity contribution in [2.24, 2.45) is 5.73 Å². The molecule has 0 aliphatic carbocycles. The Bertz CT molecular complexity index is 666. The normalized spacial score (nSPS) is 10.6. The number of nitrogens with zero attached hydrogens (tertiary/aromatic N) is 1. The smallest absolute Gasteiger partial charge is 0.252 e. The Morgan fingerprint density at radius 1 is 1.32 bits per heavy atom. The van der Waals surface area contributed by atoms with Crippen molar-refractivity contribution < 1.29 is 4.79 Å². The summed E-state index contributed by atoms with van der Waals surface area (Å²) in [6.07, 6.45) is 0. The van der Waals surface area contributed by atoms with Gasteiger partial charge in [0.05, 0.1) is 11.1 Å². The fourth-order valence-corrected chi connectivity index (χ4v) is 2.27. The lowest BCUT2D eigenvalue weighted by atomic mass is 10.1. The van der Waals surface area contributed by atoms with Gasteiger partial charge in [-0.25, -0.2) is 0 Å². The number of nitrogens with two attached hydrogens (primary N) is 1. The Morgan fingerprint density at radius 3 is 2.55 bits per heavy atom. The Kier molecular flexibility index (Phi) is 7.78. The van der Waals surface area contributed by atoms with Crippen LogP contribution in [-0.2, 0) is 0 Å². The molecule has 0 radical (unpaired) electrons. The molecule has 1 aromatic carbocycles. The second kappa shape index (κ2) is 8.11. The summed E-state index contributed by atoms with van der Waals surface area (Å²) in [4.78, 5) is 16.8. The molecule has 2 rings (SSSR count). The predicted molar refractivity (Wildman–Crippen MR) is 99.3 cm³/mol. The summed E-state index contributed by atoms with van der Waals surface area (Å²) in [5.74, 6) is -0.124. The second-order valence-corrected chi connectivity index (χ2v) is 6.56. The number of aromatic nitrogens is 1. The molecule has 122 valence electrons. The average Bonchev–Trinajstić information content (AvgIpc) is 2.33. The van der Waals surface area contributed by atoms with Crippen LogP contribution in [0.25, 0.3) is 10.9 Å². The van der Waals surface area contributed by atoms with Gasteiger partial charge in [-0.1, -0.05) is 22.0 Å². The van der Waals surface area contributed by atoms with Crippen molar-refractivity contribution in [2.75, 3.05) is 6.54 Å². The monoisotopic (exact) mass is 407 g/mol. The van der Waals surface area contributed by atoms with Crippen molar-refractivity contribution in [1.82, 2.24) is 10.3 Å². The first-order valence-electron chi connectivity index (χ1n) is 6.40. The number of pyridine rings is 1. The third kappa shape index (κ3) is 5.39. The molecule has 3 N–H and O–H groups in total. The number of carbonyl (C=O) groups excluding carboxylic acids is 1. The van der Waals surface area contributed by atoms with Gasteiger partial charge in [-0.3, -0.25) is 9.78 Å². The minimum atomic E-state index is -0.434. The zero-order valence-corrected chi connectivity index (χ0v) is 15.9. The van der Waals surface area contributed by atoms with Crippen molar-refractivity contribution in [3.8, 4) is 0 Å². The van der Waals surface area contributed by atoms with Crippen LogP contribution in [0.1, 0.15) is 29.9 Å². The fourth-order valence-electron chi connectivity index (χ4n) is 1.93. The number of halogens is 3. The molecule has 1 aromatic heterocycles. The van der Waals surface area contributed by atoms with Crippen LogP contribution in [0.4, 0.5) is 0 Å². The molecule has 0 fully saturated rings. The van der Waals surface area contributed by atoms with Crippen molar-refractivity contribution >= 4 is 57.6 Å². The van der Waals surface area contributed by atoms with Gasteiger partial charge in [0.25, 0.3) is 5.91 Å². The molecule has 0 saturated carbocycles. The average molecular weight is 409 g/mol. The predicted octanol–water partition coefficient (Wildman–Crippen LogP) is 3.62. The zero-order chi connectivity index (χ0) is 14.9. The number of fused-ring (bicyclic) bond motifs is 1. The van der Waals surface area contributed by atoms with E-state index < -0.39 is 5.54 Å². The van der Waals surface area contributed by atoms with Gasteiger partial charge in [-0.15, -0.1) is 24.8 Å². The van der Waals surface area contributed by atoms with Crippen LogP contribution in [-0.4, -0.2) is 23.0 Å². The lowest BCUT2D eigenvalue weighted by Crippen LogP contribution is -2.45. The number of amides is 1. The first-order valence-corrected chi connectivity index (χ1v) is 7.19. The van der Waals surface area contributed by atoms with E-state index in [1.165, 1.54) is 0 Å². The molecule has 0 aliphatic rings. The third-order valence-electron chi connectivity index (χ3n) is 2.85. The molecule has 4 nitrogen and oxygen atoms in total. The first kappa shape index (κ1) is 21.1. The largest absolute Gasteiger partial charge is 0.350 e. The summed E-state index contributed by atoms with van der Waals surface area (Å²) >= 11 is 3.42. The van der Waals surface area contributed by atoms with Gasteiger partial charge in [0, 0.05) is 27.6 Å². The molecule has 0 unspecified atom stereocenters. The van der Waals surface area contributed by atoms with E-state index >= 15 is 0 Å². The molecule has 1 amide bonds. The highest BCUT2D eigenvalue weighted by Gasteiger charge is 2.16. The van der Waals surface area contributed by atoms with Crippen molar-refractivity contribution in [3.63, 3.8) is 0 Å². The molecule has 2 aromatic rings. The van der Waals surface area contributed by atoms with Gasteiger partial charge in [-0.05, 0) is 39.0 Å². The SMILES string of the molecule is Cc1cc(C(=O)NCC(C)(C)N)c2ccc(Br)cc2n1.Cl.Cl. The highest BCUT2D eigenvalue weighted by atomic mass is 79.9. The number of carbonyl (C=O) groups is 1. The Balaban J connectivity index is 0.00000220. The van der Waals surface area contributed by atoms with Crippen molar-refractivity contribution in [3.05, 3.63) is 40.0 Å². The van der Waals surface area contributed by atoms with Crippen LogP contribution in [0.2, 0.25) is 0 Å². The van der Waals surface area contributed by atoms with Gasteiger partial charge in [0.15, 0.2) is 0 Å². The molecule has 0 bridgehead atoms. The van der Waals surface area contributed by atoms with Gasteiger partial charge in [-0.2, -0.15) is 0 Å². The van der Waals surface area contributed by atoms with Crippen LogP contribution in [0.3, 0.4) is 0 Å². The molecule has 0 spiro atoms. The van der Waals surface area contributed by atoms with Crippen LogP contribution >= 0.6 is 40.7 Å². The van der Waals surface area contributed by atoms with E-state index in [0.717, 1.165) is 21.1 Å². The van der Waals surface area contributed by atoms with Gasteiger partial charge < -0.3 is 11.1 Å². The summed E-state index contributed by atoms with van der Waals surface area (Å²) in [5.41, 5.74) is 7.70. The lowest BCUT2D eigenvalue weighted by molar-refractivity contribution is 0.0947. The molecule has 0 aliphatic heterocycles. The van der Waals surface area contributed by atoms with Crippen LogP contribution < -0.4 is 11.1 Å². The lowest BCUT2D eigenvalue weighted by Gasteiger charge is -2.19. The van der Waals surface area contributed by atoms with Crippen molar-refractivity contribution in [2.45, 2.75) is 26.3 Å². The molecular formula is C15H20BrCl2N3O. The van der Waals surface area contributed by atoms with E-state index in [4.69, 9.17) is 5.73 Å². The maximum Gasteiger partial charge on any atom is 0.252 e. The number of rotatable bonds is 3. The number of aryl methyl sites for hydroxylation is 1. The standard InChI is InChI=1S/C15H18BrN3O.2ClH/c1-9-6-12(14(20)18-8-15(2,3)17)11-5-4-10(16)7-13(11)19-9;;/h4-7H,8,17H2,1-3H3,(H,18,20);2*1H. The molecular weight excluding hydrogens is 389 g/mol. The zero-order valence-electron chi connectivity index (χ0n) is 12.6. The Morgan fingerprint density at radius 2 is 1.95 bits per heavy atom. The quantitative estimate of drug-likeness (QED) is 0.814. The van der Waals surface area contributed by atoms with E-state index in [1.54, 1.807) is 6.07 Å². The number of hydrogen-bond acceptors (Lipinski definition) is 3. The minimum Gasteiger partial charge on any atom is -0.350 e. The summed E-state index contributed by atoms with van der Waals surface area (Å²) in [6, 6.07) is 7.51. The Hall–Kier alpha value is -0.880. The van der Waals surface area contributed by atoms with Gasteiger partial charge >= 0.3 is 0 Å². The van der Waals surface area contributed by atoms with E-state index in [-0.39, 0.29) is 30.7 Å². The van der Waals surface area contributed by atoms with E-state index in [0.29, 0.717) is 12.1 Å². The van der Waals surface area contributed by atoms with Gasteiger partial charge in [0.2, 0.25) is 0 Å². The summed E-state index contributed by atoms with van der Waals surface area (Å²) in [6.45, 7) is 6.05. The number of benzene rings is 1. The molecule has 7 heteroatoms. The van der Waals surface area contributed by atoms with Crippen LogP contribution in [0.5, 0.6) is 0 Å². The highest BCUT2D eigenvalue weighted by Crippen LogP contribution is 2.22. The topological polar surface area (TPSA) is 68.0 Å². The fraction of sp³-hybridized carbons (Fsp3) is 0.333. The Labute approximate surface area is 151 Å². The number of hydrogen-bond donors (Lipinski definition) is 2. The van der Waals surface area contributed by atoms with E-state index in [9.17, 15) is 4.79 Å². The maximum absolute atomic E-state index is 12.3. The summed E-state index contributed by atoms with van der Waals surface area (Å²) < 4.78 is 0.942. The molecule has 22 heavy (non-hydrogen) atoms. The minimum absolute atomic E-state index is 0. The molecule has 0 saturated heterocycles. The second-order valence-electron chi connectivity index (χ2n) is 5.64. The summed E-state index contributed by atoms with van der Waals surface area (Å²) in [7, 11) is 0. The molecule has 1 heterocycles. The van der Waals surface area contributed by atoms with E-state index in [1.807, 2.05) is 39.0 Å². The highest BCUT2D eigenvalue weighted by molar-refractivity contribution is 9.10. The van der Waals surface area contributed by atoms with Gasteiger partial charge in [0.1, 0.15) is 0 Å². The van der Waals surface area contributed by atoms with Crippen LogP contribution in [0, 0.1) is 6.92 Å². The van der Waals surface area contributed by atoms with E-state index in [2.05, 4.69) is 26.2 Å². The molecule has 0 atom stereocenters.